The van der Waals surface area contributed by atoms with Gasteiger partial charge in [0.2, 0.25) is 5.95 Å². The Morgan fingerprint density at radius 1 is 1.13 bits per heavy atom. The Kier molecular flexibility index (Phi) is 4.96. The van der Waals surface area contributed by atoms with E-state index in [0.29, 0.717) is 70.7 Å². The lowest BCUT2D eigenvalue weighted by Gasteiger charge is -2.39. The fraction of sp³-hybridized carbons (Fsp3) is 0.524. The predicted octanol–water partition coefficient (Wildman–Crippen LogP) is 1.40. The summed E-state index contributed by atoms with van der Waals surface area (Å²) in [6, 6.07) is 0.669. The molecule has 1 amide bonds. The number of ether oxygens (including phenoxy) is 1. The molecule has 1 N–H and O–H groups in total. The number of carbonyl (C=O) groups is 1. The summed E-state index contributed by atoms with van der Waals surface area (Å²) >= 11 is 0. The molecule has 2 aromatic rings. The van der Waals surface area contributed by atoms with Gasteiger partial charge in [-0.1, -0.05) is 0 Å². The van der Waals surface area contributed by atoms with E-state index in [1.54, 1.807) is 4.90 Å². The molecule has 2 saturated heterocycles. The Hall–Kier alpha value is -2.88. The average Bonchev–Trinajstić information content (AvgIpc) is 3.13. The van der Waals surface area contributed by atoms with E-state index in [0.717, 1.165) is 23.9 Å². The Morgan fingerprint density at radius 2 is 1.87 bits per heavy atom. The molecule has 0 bridgehead atoms. The Balaban J connectivity index is 1.37. The van der Waals surface area contributed by atoms with E-state index in [1.165, 1.54) is 0 Å². The van der Waals surface area contributed by atoms with E-state index in [9.17, 15) is 18.4 Å². The standard InChI is InChI=1S/C21H23F2N5O3/c22-13-11-15(23)16(24-12-13)19(30)27-5-3-21(4-6-27)2-1-14-17(21)25-20(26-18(14)29)28-7-9-31-10-8-28/h11-12H,1-10H2,(H,25,26,29). The number of aromatic amines is 1. The highest BCUT2D eigenvalue weighted by Gasteiger charge is 2.45. The van der Waals surface area contributed by atoms with Crippen LogP contribution in [0.2, 0.25) is 0 Å². The number of likely N-dealkylation sites (tertiary alicyclic amines) is 1. The molecule has 0 unspecified atom stereocenters. The number of hydrogen-bond donors (Lipinski definition) is 1. The van der Waals surface area contributed by atoms with Crippen LogP contribution in [0.1, 0.15) is 41.0 Å². The van der Waals surface area contributed by atoms with Crippen molar-refractivity contribution >= 4 is 11.9 Å². The van der Waals surface area contributed by atoms with E-state index >= 15 is 0 Å². The first-order valence-electron chi connectivity index (χ1n) is 10.5. The van der Waals surface area contributed by atoms with Crippen molar-refractivity contribution in [2.45, 2.75) is 31.1 Å². The summed E-state index contributed by atoms with van der Waals surface area (Å²) in [5, 5.41) is 0. The molecular formula is C21H23F2N5O3. The number of aromatic nitrogens is 3. The molecule has 2 fully saturated rings. The molecule has 0 atom stereocenters. The van der Waals surface area contributed by atoms with Crippen LogP contribution in [-0.2, 0) is 16.6 Å². The number of nitrogens with zero attached hydrogens (tertiary/aromatic N) is 4. The highest BCUT2D eigenvalue weighted by molar-refractivity contribution is 5.92. The van der Waals surface area contributed by atoms with E-state index in [1.807, 2.05) is 4.90 Å². The van der Waals surface area contributed by atoms with E-state index in [-0.39, 0.29) is 16.7 Å². The number of anilines is 1. The van der Waals surface area contributed by atoms with Crippen molar-refractivity contribution in [1.82, 2.24) is 19.9 Å². The van der Waals surface area contributed by atoms with Gasteiger partial charge in [0.25, 0.3) is 11.5 Å². The number of H-pyrrole nitrogens is 1. The van der Waals surface area contributed by atoms with Crippen LogP contribution in [0.15, 0.2) is 17.1 Å². The fourth-order valence-electron chi connectivity index (χ4n) is 4.91. The molecule has 2 aliphatic heterocycles. The van der Waals surface area contributed by atoms with Gasteiger partial charge in [-0.15, -0.1) is 0 Å². The minimum atomic E-state index is -0.958. The molecule has 0 radical (unpaired) electrons. The summed E-state index contributed by atoms with van der Waals surface area (Å²) in [7, 11) is 0. The second kappa shape index (κ2) is 7.67. The smallest absolute Gasteiger partial charge is 0.275 e. The van der Waals surface area contributed by atoms with Crippen LogP contribution in [0.5, 0.6) is 0 Å². The molecule has 31 heavy (non-hydrogen) atoms. The molecular weight excluding hydrogens is 408 g/mol. The van der Waals surface area contributed by atoms with Crippen LogP contribution in [0.3, 0.4) is 0 Å². The number of halogens is 2. The molecule has 10 heteroatoms. The molecule has 164 valence electrons. The lowest BCUT2D eigenvalue weighted by Crippen LogP contribution is -2.45. The van der Waals surface area contributed by atoms with Gasteiger partial charge in [-0.3, -0.25) is 14.6 Å². The van der Waals surface area contributed by atoms with Crippen molar-refractivity contribution in [2.75, 3.05) is 44.3 Å². The Morgan fingerprint density at radius 3 is 2.58 bits per heavy atom. The van der Waals surface area contributed by atoms with E-state index < -0.39 is 17.5 Å². The van der Waals surface area contributed by atoms with Crippen LogP contribution < -0.4 is 10.5 Å². The summed E-state index contributed by atoms with van der Waals surface area (Å²) < 4.78 is 32.5. The van der Waals surface area contributed by atoms with E-state index in [2.05, 4.69) is 9.97 Å². The van der Waals surface area contributed by atoms with Gasteiger partial charge in [0.15, 0.2) is 11.5 Å². The summed E-state index contributed by atoms with van der Waals surface area (Å²) in [6.07, 6.45) is 3.57. The zero-order chi connectivity index (χ0) is 21.6. The summed E-state index contributed by atoms with van der Waals surface area (Å²) in [5.74, 6) is -1.75. The lowest BCUT2D eigenvalue weighted by molar-refractivity contribution is 0.0652. The molecule has 8 nitrogen and oxygen atoms in total. The van der Waals surface area contributed by atoms with Gasteiger partial charge in [0.1, 0.15) is 5.82 Å². The topological polar surface area (TPSA) is 91.4 Å². The van der Waals surface area contributed by atoms with Crippen molar-refractivity contribution in [1.29, 1.82) is 0 Å². The van der Waals surface area contributed by atoms with Gasteiger partial charge < -0.3 is 14.5 Å². The van der Waals surface area contributed by atoms with Crippen LogP contribution in [0.4, 0.5) is 14.7 Å². The number of piperidine rings is 1. The summed E-state index contributed by atoms with van der Waals surface area (Å²) in [6.45, 7) is 3.34. The number of pyridine rings is 1. The van der Waals surface area contributed by atoms with Gasteiger partial charge in [0, 0.05) is 43.2 Å². The third kappa shape index (κ3) is 3.48. The molecule has 2 aromatic heterocycles. The number of carbonyl (C=O) groups excluding carboxylic acids is 1. The molecule has 0 aromatic carbocycles. The third-order valence-electron chi connectivity index (χ3n) is 6.69. The molecule has 4 heterocycles. The minimum absolute atomic E-state index is 0.0977. The number of fused-ring (bicyclic) bond motifs is 2. The monoisotopic (exact) mass is 431 g/mol. The first-order chi connectivity index (χ1) is 15.0. The van der Waals surface area contributed by atoms with Crippen molar-refractivity contribution < 1.29 is 18.3 Å². The van der Waals surface area contributed by atoms with Crippen LogP contribution in [0, 0.1) is 11.6 Å². The second-order valence-electron chi connectivity index (χ2n) is 8.37. The maximum absolute atomic E-state index is 14.0. The van der Waals surface area contributed by atoms with Gasteiger partial charge in [-0.05, 0) is 25.7 Å². The summed E-state index contributed by atoms with van der Waals surface area (Å²) in [4.78, 5) is 40.4. The largest absolute Gasteiger partial charge is 0.378 e. The average molecular weight is 431 g/mol. The first-order valence-corrected chi connectivity index (χ1v) is 10.5. The minimum Gasteiger partial charge on any atom is -0.378 e. The highest BCUT2D eigenvalue weighted by atomic mass is 19.1. The van der Waals surface area contributed by atoms with Gasteiger partial charge >= 0.3 is 0 Å². The number of rotatable bonds is 2. The van der Waals surface area contributed by atoms with Crippen LogP contribution in [0.25, 0.3) is 0 Å². The number of morpholine rings is 1. The van der Waals surface area contributed by atoms with Gasteiger partial charge in [-0.2, -0.15) is 0 Å². The Labute approximate surface area is 177 Å². The van der Waals surface area contributed by atoms with Crippen molar-refractivity contribution in [3.8, 4) is 0 Å². The number of amides is 1. The molecule has 1 aliphatic carbocycles. The molecule has 1 spiro atoms. The zero-order valence-corrected chi connectivity index (χ0v) is 17.0. The van der Waals surface area contributed by atoms with Crippen molar-refractivity contribution in [2.24, 2.45) is 0 Å². The number of hydrogen-bond acceptors (Lipinski definition) is 6. The van der Waals surface area contributed by atoms with Crippen molar-refractivity contribution in [3.05, 3.63) is 51.2 Å². The number of nitrogens with one attached hydrogen (secondary N) is 1. The van der Waals surface area contributed by atoms with E-state index in [4.69, 9.17) is 9.72 Å². The Bertz CT molecular complexity index is 1080. The highest BCUT2D eigenvalue weighted by Crippen LogP contribution is 2.44. The molecule has 5 rings (SSSR count). The maximum Gasteiger partial charge on any atom is 0.275 e. The first kappa shape index (κ1) is 20.0. The predicted molar refractivity (Wildman–Crippen MR) is 107 cm³/mol. The molecule has 0 saturated carbocycles. The van der Waals surface area contributed by atoms with Gasteiger partial charge in [-0.25, -0.2) is 18.7 Å². The van der Waals surface area contributed by atoms with Crippen LogP contribution in [-0.4, -0.2) is 65.2 Å². The van der Waals surface area contributed by atoms with Crippen molar-refractivity contribution in [3.63, 3.8) is 0 Å². The fourth-order valence-corrected chi connectivity index (χ4v) is 4.91. The third-order valence-corrected chi connectivity index (χ3v) is 6.69. The SMILES string of the molecule is O=C(c1ncc(F)cc1F)N1CCC2(CCc3c2nc(N2CCOCC2)[nH]c3=O)CC1. The lowest BCUT2D eigenvalue weighted by atomic mass is 9.76. The zero-order valence-electron chi connectivity index (χ0n) is 17.0. The summed E-state index contributed by atoms with van der Waals surface area (Å²) in [5.41, 5.74) is 0.822. The normalized spacial score (nSPS) is 20.2. The van der Waals surface area contributed by atoms with Crippen LogP contribution >= 0.6 is 0 Å². The maximum atomic E-state index is 14.0. The molecule has 3 aliphatic rings. The van der Waals surface area contributed by atoms with Gasteiger partial charge in [0.05, 0.1) is 25.1 Å². The quantitative estimate of drug-likeness (QED) is 0.773. The second-order valence-corrected chi connectivity index (χ2v) is 8.37.